The fourth-order valence-corrected chi connectivity index (χ4v) is 5.85. The van der Waals surface area contributed by atoms with Crippen molar-refractivity contribution >= 4 is 23.3 Å². The number of likely N-dealkylation sites (tertiary alicyclic amines) is 1. The number of piperidine rings is 1. The van der Waals surface area contributed by atoms with Crippen molar-refractivity contribution in [1.29, 1.82) is 0 Å². The minimum atomic E-state index is -0.559. The van der Waals surface area contributed by atoms with Crippen molar-refractivity contribution in [3.63, 3.8) is 0 Å². The molecule has 2 aliphatic heterocycles. The zero-order valence-electron chi connectivity index (χ0n) is 20.5. The Kier molecular flexibility index (Phi) is 7.44. The molecule has 2 aromatic rings. The maximum Gasteiger partial charge on any atom is 0.231 e. The molecule has 3 heterocycles. The molecular weight excluding hydrogens is 485 g/mol. The molecule has 1 aliphatic carbocycles. The lowest BCUT2D eigenvalue weighted by atomic mass is 9.95. The lowest BCUT2D eigenvalue weighted by molar-refractivity contribution is -0.133. The Bertz CT molecular complexity index is 1100. The fourth-order valence-electron chi connectivity index (χ4n) is 5.73. The number of fused-ring (bicyclic) bond motifs is 1. The van der Waals surface area contributed by atoms with E-state index < -0.39 is 17.8 Å². The van der Waals surface area contributed by atoms with Gasteiger partial charge in [0.05, 0.1) is 28.8 Å². The van der Waals surface area contributed by atoms with E-state index in [9.17, 15) is 19.4 Å². The Balaban J connectivity index is 1.31. The van der Waals surface area contributed by atoms with Crippen LogP contribution in [0.1, 0.15) is 60.9 Å². The number of aromatic nitrogens is 2. The highest BCUT2D eigenvalue weighted by Crippen LogP contribution is 2.42. The molecule has 0 unspecified atom stereocenters. The highest BCUT2D eigenvalue weighted by molar-refractivity contribution is 6.30. The van der Waals surface area contributed by atoms with Crippen LogP contribution in [0.4, 0.5) is 10.2 Å². The van der Waals surface area contributed by atoms with Gasteiger partial charge in [-0.15, -0.1) is 0 Å². The van der Waals surface area contributed by atoms with Crippen LogP contribution >= 0.6 is 11.6 Å². The van der Waals surface area contributed by atoms with E-state index in [1.807, 2.05) is 4.90 Å². The Morgan fingerprint density at radius 1 is 1.14 bits per heavy atom. The van der Waals surface area contributed by atoms with E-state index in [4.69, 9.17) is 11.6 Å². The molecule has 2 fully saturated rings. The predicted octanol–water partition coefficient (Wildman–Crippen LogP) is 2.70. The summed E-state index contributed by atoms with van der Waals surface area (Å²) in [6, 6.07) is 4.62. The summed E-state index contributed by atoms with van der Waals surface area (Å²) in [5, 5.41) is 20.2. The molecule has 0 radical (unpaired) electrons. The Hall–Kier alpha value is -2.33. The number of amides is 1. The summed E-state index contributed by atoms with van der Waals surface area (Å²) in [5.41, 5.74) is 2.33. The number of anilines is 1. The van der Waals surface area contributed by atoms with Crippen LogP contribution in [0, 0.1) is 5.82 Å². The van der Waals surface area contributed by atoms with Crippen molar-refractivity contribution < 1.29 is 19.4 Å². The first-order valence-corrected chi connectivity index (χ1v) is 13.1. The number of rotatable bonds is 5. The minimum absolute atomic E-state index is 0.0285. The molecule has 0 spiro atoms. The summed E-state index contributed by atoms with van der Waals surface area (Å²) in [6.45, 7) is 6.26. The second kappa shape index (κ2) is 10.6. The lowest BCUT2D eigenvalue weighted by Gasteiger charge is -2.39. The minimum Gasteiger partial charge on any atom is -0.393 e. The van der Waals surface area contributed by atoms with Crippen LogP contribution in [0.2, 0.25) is 5.02 Å². The largest absolute Gasteiger partial charge is 0.393 e. The molecule has 0 bridgehead atoms. The number of carbonyl (C=O) groups is 1. The zero-order chi connectivity index (χ0) is 25.4. The van der Waals surface area contributed by atoms with Crippen LogP contribution in [0.25, 0.3) is 0 Å². The van der Waals surface area contributed by atoms with E-state index in [0.29, 0.717) is 76.3 Å². The SMILES string of the molecule is C[C@@H]1C[C@@H](O)c2ncnc(N3CCN(C(=O)[C@@H](CN4CCC(O)CC4)c4ccc(Cl)c(F)c4)CC3)c21. The predicted molar refractivity (Wildman–Crippen MR) is 135 cm³/mol. The van der Waals surface area contributed by atoms with E-state index in [0.717, 1.165) is 11.4 Å². The highest BCUT2D eigenvalue weighted by atomic mass is 35.5. The van der Waals surface area contributed by atoms with Crippen molar-refractivity contribution in [3.05, 3.63) is 52.2 Å². The van der Waals surface area contributed by atoms with Gasteiger partial charge in [0.15, 0.2) is 0 Å². The summed E-state index contributed by atoms with van der Waals surface area (Å²) >= 11 is 5.92. The number of aliphatic hydroxyl groups is 2. The third-order valence-corrected chi connectivity index (χ3v) is 8.12. The van der Waals surface area contributed by atoms with Gasteiger partial charge in [-0.1, -0.05) is 24.6 Å². The standard InChI is InChI=1S/C26H33ClFN5O3/c1-16-12-22(35)24-23(16)25(30-15-29-24)32-8-10-33(11-9-32)26(36)19(14-31-6-4-18(34)5-7-31)17-2-3-20(27)21(28)13-17/h2-3,13,15-16,18-19,22,34-35H,4-12,14H2,1H3/t16-,19+,22-/m1/s1. The normalized spacial score (nSPS) is 24.1. The second-order valence-corrected chi connectivity index (χ2v) is 10.6. The highest BCUT2D eigenvalue weighted by Gasteiger charge is 2.35. The molecule has 10 heteroatoms. The molecule has 3 aliphatic rings. The number of hydrogen-bond donors (Lipinski definition) is 2. The van der Waals surface area contributed by atoms with E-state index >= 15 is 0 Å². The molecule has 0 saturated carbocycles. The molecule has 36 heavy (non-hydrogen) atoms. The van der Waals surface area contributed by atoms with Gasteiger partial charge in [0, 0.05) is 51.4 Å². The second-order valence-electron chi connectivity index (χ2n) is 10.2. The summed E-state index contributed by atoms with van der Waals surface area (Å²) in [7, 11) is 0. The van der Waals surface area contributed by atoms with Gasteiger partial charge in [-0.25, -0.2) is 14.4 Å². The average molecular weight is 518 g/mol. The van der Waals surface area contributed by atoms with Gasteiger partial charge in [0.2, 0.25) is 5.91 Å². The third kappa shape index (κ3) is 5.07. The molecule has 1 aromatic carbocycles. The number of benzene rings is 1. The molecule has 2 saturated heterocycles. The summed E-state index contributed by atoms with van der Waals surface area (Å²) in [5.74, 6) is -0.0477. The van der Waals surface area contributed by atoms with Crippen molar-refractivity contribution in [1.82, 2.24) is 19.8 Å². The first-order valence-electron chi connectivity index (χ1n) is 12.7. The Morgan fingerprint density at radius 2 is 1.86 bits per heavy atom. The van der Waals surface area contributed by atoms with Gasteiger partial charge in [-0.2, -0.15) is 0 Å². The molecule has 3 atom stereocenters. The maximum absolute atomic E-state index is 14.3. The van der Waals surface area contributed by atoms with Crippen molar-refractivity contribution in [2.45, 2.75) is 50.2 Å². The number of carbonyl (C=O) groups excluding carboxylic acids is 1. The topological polar surface area (TPSA) is 93.0 Å². The quantitative estimate of drug-likeness (QED) is 0.630. The molecule has 2 N–H and O–H groups in total. The molecule has 1 amide bonds. The summed E-state index contributed by atoms with van der Waals surface area (Å²) in [6.07, 6.45) is 2.63. The van der Waals surface area contributed by atoms with E-state index in [-0.39, 0.29) is 23.0 Å². The molecular formula is C26H33ClFN5O3. The maximum atomic E-state index is 14.3. The van der Waals surface area contributed by atoms with Gasteiger partial charge in [0.25, 0.3) is 0 Å². The van der Waals surface area contributed by atoms with Gasteiger partial charge < -0.3 is 24.9 Å². The Labute approximate surface area is 215 Å². The van der Waals surface area contributed by atoms with Crippen molar-refractivity contribution in [3.8, 4) is 0 Å². The molecule has 1 aromatic heterocycles. The summed E-state index contributed by atoms with van der Waals surface area (Å²) < 4.78 is 14.3. The van der Waals surface area contributed by atoms with Gasteiger partial charge >= 0.3 is 0 Å². The van der Waals surface area contributed by atoms with Crippen molar-refractivity contribution in [2.24, 2.45) is 0 Å². The van der Waals surface area contributed by atoms with Crippen LogP contribution in [0.3, 0.4) is 0 Å². The monoisotopic (exact) mass is 517 g/mol. The first-order chi connectivity index (χ1) is 17.3. The average Bonchev–Trinajstić information content (AvgIpc) is 3.18. The van der Waals surface area contributed by atoms with E-state index in [2.05, 4.69) is 26.7 Å². The third-order valence-electron chi connectivity index (χ3n) is 7.81. The fraction of sp³-hybridized carbons (Fsp3) is 0.577. The van der Waals surface area contributed by atoms with Gasteiger partial charge in [-0.05, 0) is 42.9 Å². The van der Waals surface area contributed by atoms with E-state index in [1.54, 1.807) is 6.07 Å². The number of nitrogens with zero attached hydrogens (tertiary/aromatic N) is 5. The molecule has 5 rings (SSSR count). The van der Waals surface area contributed by atoms with Crippen LogP contribution in [0.15, 0.2) is 24.5 Å². The van der Waals surface area contributed by atoms with Gasteiger partial charge in [-0.3, -0.25) is 4.79 Å². The van der Waals surface area contributed by atoms with Crippen LogP contribution in [0.5, 0.6) is 0 Å². The molecule has 194 valence electrons. The Morgan fingerprint density at radius 3 is 2.56 bits per heavy atom. The molecule has 8 nitrogen and oxygen atoms in total. The van der Waals surface area contributed by atoms with Crippen molar-refractivity contribution in [2.75, 3.05) is 50.7 Å². The smallest absolute Gasteiger partial charge is 0.231 e. The summed E-state index contributed by atoms with van der Waals surface area (Å²) in [4.78, 5) is 28.8. The number of aliphatic hydroxyl groups excluding tert-OH is 2. The lowest BCUT2D eigenvalue weighted by Crippen LogP contribution is -2.52. The van der Waals surface area contributed by atoms with Crippen LogP contribution in [-0.2, 0) is 4.79 Å². The number of halogens is 2. The number of hydrogen-bond acceptors (Lipinski definition) is 7. The first kappa shape index (κ1) is 25.3. The zero-order valence-corrected chi connectivity index (χ0v) is 21.2. The number of piperazine rings is 1. The van der Waals surface area contributed by atoms with E-state index in [1.165, 1.54) is 18.5 Å². The van der Waals surface area contributed by atoms with Crippen LogP contribution < -0.4 is 4.90 Å². The van der Waals surface area contributed by atoms with Gasteiger partial charge in [0.1, 0.15) is 18.0 Å². The van der Waals surface area contributed by atoms with Crippen LogP contribution in [-0.4, -0.2) is 87.8 Å².